The van der Waals surface area contributed by atoms with Gasteiger partial charge in [-0.05, 0) is 25.2 Å². The Hall–Kier alpha value is -0.870. The number of imidazole rings is 1. The number of aromatic nitrogens is 2. The van der Waals surface area contributed by atoms with E-state index in [9.17, 15) is 5.11 Å². The molecule has 4 heteroatoms. The van der Waals surface area contributed by atoms with Crippen molar-refractivity contribution in [2.24, 2.45) is 17.1 Å². The van der Waals surface area contributed by atoms with E-state index in [4.69, 9.17) is 5.73 Å². The Morgan fingerprint density at radius 3 is 3.00 bits per heavy atom. The molecule has 1 aromatic rings. The number of aliphatic hydroxyl groups excluding tert-OH is 1. The predicted octanol–water partition coefficient (Wildman–Crippen LogP) is 2.09. The van der Waals surface area contributed by atoms with Crippen LogP contribution in [-0.2, 0) is 6.54 Å². The molecule has 18 heavy (non-hydrogen) atoms. The Kier molecular flexibility index (Phi) is 4.07. The van der Waals surface area contributed by atoms with Crippen LogP contribution in [0.15, 0.2) is 12.5 Å². The first kappa shape index (κ1) is 13.6. The quantitative estimate of drug-likeness (QED) is 0.842. The third kappa shape index (κ3) is 2.31. The molecule has 0 radical (unpaired) electrons. The number of hydrogen-bond donors (Lipinski definition) is 2. The summed E-state index contributed by atoms with van der Waals surface area (Å²) in [5, 5.41) is 10.7. The lowest BCUT2D eigenvalue weighted by atomic mass is 9.78. The van der Waals surface area contributed by atoms with E-state index in [-0.39, 0.29) is 5.41 Å². The minimum Gasteiger partial charge on any atom is -0.386 e. The molecule has 3 N–H and O–H groups in total. The van der Waals surface area contributed by atoms with Crippen molar-refractivity contribution in [1.82, 2.24) is 9.55 Å². The second kappa shape index (κ2) is 5.41. The van der Waals surface area contributed by atoms with E-state index >= 15 is 0 Å². The smallest absolute Gasteiger partial charge is 0.102 e. The molecule has 0 bridgehead atoms. The molecule has 3 atom stereocenters. The normalized spacial score (nSPS) is 29.7. The van der Waals surface area contributed by atoms with Crippen LogP contribution >= 0.6 is 0 Å². The second-order valence-electron chi connectivity index (χ2n) is 5.83. The van der Waals surface area contributed by atoms with Gasteiger partial charge < -0.3 is 15.4 Å². The van der Waals surface area contributed by atoms with Gasteiger partial charge in [-0.25, -0.2) is 4.98 Å². The standard InChI is InChI=1S/C14H25N3O/c1-3-6-17-10-16-8-12(17)13(18)14(9-15)5-4-11(2)7-14/h8,10-11,13,18H,3-7,9,15H2,1-2H3. The Morgan fingerprint density at radius 2 is 2.44 bits per heavy atom. The summed E-state index contributed by atoms with van der Waals surface area (Å²) >= 11 is 0. The van der Waals surface area contributed by atoms with Crippen molar-refractivity contribution in [1.29, 1.82) is 0 Å². The number of nitrogens with two attached hydrogens (primary N) is 1. The lowest BCUT2D eigenvalue weighted by molar-refractivity contribution is 0.0246. The molecule has 0 aromatic carbocycles. The van der Waals surface area contributed by atoms with Gasteiger partial charge in [0, 0.05) is 18.5 Å². The SMILES string of the molecule is CCCn1cncc1C(O)C1(CN)CCC(C)C1. The summed E-state index contributed by atoms with van der Waals surface area (Å²) in [7, 11) is 0. The van der Waals surface area contributed by atoms with E-state index < -0.39 is 6.10 Å². The van der Waals surface area contributed by atoms with Crippen molar-refractivity contribution >= 4 is 0 Å². The molecule has 1 aromatic heterocycles. The lowest BCUT2D eigenvalue weighted by Crippen LogP contribution is -2.35. The molecule has 0 saturated heterocycles. The average Bonchev–Trinajstić information content (AvgIpc) is 2.96. The highest BCUT2D eigenvalue weighted by Gasteiger charge is 2.43. The number of nitrogens with zero attached hydrogens (tertiary/aromatic N) is 2. The van der Waals surface area contributed by atoms with Gasteiger partial charge in [0.25, 0.3) is 0 Å². The van der Waals surface area contributed by atoms with Crippen molar-refractivity contribution in [3.63, 3.8) is 0 Å². The van der Waals surface area contributed by atoms with Gasteiger partial charge in [0.05, 0.1) is 18.2 Å². The second-order valence-corrected chi connectivity index (χ2v) is 5.83. The highest BCUT2D eigenvalue weighted by Crippen LogP contribution is 2.49. The van der Waals surface area contributed by atoms with E-state index in [1.165, 1.54) is 0 Å². The summed E-state index contributed by atoms with van der Waals surface area (Å²) in [5.74, 6) is 0.658. The zero-order valence-corrected chi connectivity index (χ0v) is 11.5. The topological polar surface area (TPSA) is 64.1 Å². The fourth-order valence-electron chi connectivity index (χ4n) is 3.28. The Morgan fingerprint density at radius 1 is 1.67 bits per heavy atom. The van der Waals surface area contributed by atoms with Crippen LogP contribution < -0.4 is 5.73 Å². The minimum absolute atomic E-state index is 0.148. The van der Waals surface area contributed by atoms with Crippen LogP contribution in [0.4, 0.5) is 0 Å². The summed E-state index contributed by atoms with van der Waals surface area (Å²) in [6.45, 7) is 5.83. The van der Waals surface area contributed by atoms with E-state index in [2.05, 4.69) is 23.4 Å². The van der Waals surface area contributed by atoms with E-state index in [1.54, 1.807) is 6.20 Å². The monoisotopic (exact) mass is 251 g/mol. The zero-order valence-electron chi connectivity index (χ0n) is 11.5. The fourth-order valence-corrected chi connectivity index (χ4v) is 3.28. The number of hydrogen-bond acceptors (Lipinski definition) is 3. The first-order valence-electron chi connectivity index (χ1n) is 7.01. The molecule has 1 fully saturated rings. The highest BCUT2D eigenvalue weighted by atomic mass is 16.3. The van der Waals surface area contributed by atoms with Crippen LogP contribution in [-0.4, -0.2) is 21.2 Å². The summed E-state index contributed by atoms with van der Waals surface area (Å²) in [5.41, 5.74) is 6.75. The number of aliphatic hydroxyl groups is 1. The summed E-state index contributed by atoms with van der Waals surface area (Å²) < 4.78 is 2.06. The molecule has 0 spiro atoms. The van der Waals surface area contributed by atoms with Crippen molar-refractivity contribution in [2.75, 3.05) is 6.54 Å². The van der Waals surface area contributed by atoms with Gasteiger partial charge in [-0.15, -0.1) is 0 Å². The van der Waals surface area contributed by atoms with Gasteiger partial charge in [0.15, 0.2) is 0 Å². The molecule has 2 rings (SSSR count). The average molecular weight is 251 g/mol. The van der Waals surface area contributed by atoms with Crippen LogP contribution in [0, 0.1) is 11.3 Å². The van der Waals surface area contributed by atoms with Crippen LogP contribution in [0.1, 0.15) is 51.3 Å². The highest BCUT2D eigenvalue weighted by molar-refractivity contribution is 5.10. The maximum atomic E-state index is 10.7. The molecule has 0 aliphatic heterocycles. The molecule has 1 aliphatic rings. The third-order valence-electron chi connectivity index (χ3n) is 4.37. The summed E-state index contributed by atoms with van der Waals surface area (Å²) in [6.07, 6.45) is 7.36. The Balaban J connectivity index is 2.23. The molecule has 1 aliphatic carbocycles. The van der Waals surface area contributed by atoms with Crippen LogP contribution in [0.5, 0.6) is 0 Å². The van der Waals surface area contributed by atoms with Crippen LogP contribution in [0.3, 0.4) is 0 Å². The van der Waals surface area contributed by atoms with Gasteiger partial charge in [0.1, 0.15) is 6.10 Å². The largest absolute Gasteiger partial charge is 0.386 e. The van der Waals surface area contributed by atoms with Crippen molar-refractivity contribution < 1.29 is 5.11 Å². The molecule has 4 nitrogen and oxygen atoms in total. The van der Waals surface area contributed by atoms with Gasteiger partial charge in [-0.2, -0.15) is 0 Å². The Bertz CT molecular complexity index is 390. The molecule has 102 valence electrons. The maximum Gasteiger partial charge on any atom is 0.102 e. The minimum atomic E-state index is -0.485. The zero-order chi connectivity index (χ0) is 13.2. The van der Waals surface area contributed by atoms with Gasteiger partial charge in [0.2, 0.25) is 0 Å². The third-order valence-corrected chi connectivity index (χ3v) is 4.37. The van der Waals surface area contributed by atoms with Gasteiger partial charge >= 0.3 is 0 Å². The summed E-state index contributed by atoms with van der Waals surface area (Å²) in [4.78, 5) is 4.18. The predicted molar refractivity (Wildman–Crippen MR) is 72.0 cm³/mol. The lowest BCUT2D eigenvalue weighted by Gasteiger charge is -2.33. The van der Waals surface area contributed by atoms with Gasteiger partial charge in [-0.3, -0.25) is 0 Å². The number of rotatable bonds is 5. The molecular weight excluding hydrogens is 226 g/mol. The molecule has 3 unspecified atom stereocenters. The summed E-state index contributed by atoms with van der Waals surface area (Å²) in [6, 6.07) is 0. The van der Waals surface area contributed by atoms with Crippen LogP contribution in [0.2, 0.25) is 0 Å². The van der Waals surface area contributed by atoms with E-state index in [0.29, 0.717) is 12.5 Å². The van der Waals surface area contributed by atoms with Crippen molar-refractivity contribution in [3.8, 4) is 0 Å². The maximum absolute atomic E-state index is 10.7. The van der Waals surface area contributed by atoms with Crippen molar-refractivity contribution in [3.05, 3.63) is 18.2 Å². The van der Waals surface area contributed by atoms with Gasteiger partial charge in [-0.1, -0.05) is 20.3 Å². The number of aryl methyl sites for hydroxylation is 1. The van der Waals surface area contributed by atoms with Crippen LogP contribution in [0.25, 0.3) is 0 Å². The first-order chi connectivity index (χ1) is 8.63. The Labute approximate surface area is 109 Å². The van der Waals surface area contributed by atoms with E-state index in [1.807, 2.05) is 6.33 Å². The first-order valence-corrected chi connectivity index (χ1v) is 7.01. The fraction of sp³-hybridized carbons (Fsp3) is 0.786. The molecular formula is C14H25N3O. The molecule has 0 amide bonds. The molecule has 1 saturated carbocycles. The molecule has 1 heterocycles. The van der Waals surface area contributed by atoms with E-state index in [0.717, 1.165) is 37.9 Å². The van der Waals surface area contributed by atoms with Crippen molar-refractivity contribution in [2.45, 2.75) is 52.2 Å².